The molecule has 0 N–H and O–H groups in total. The fourth-order valence-electron chi connectivity index (χ4n) is 8.73. The average Bonchev–Trinajstić information content (AvgIpc) is 3.95. The van der Waals surface area contributed by atoms with Crippen molar-refractivity contribution in [3.05, 3.63) is 59.2 Å². The second kappa shape index (κ2) is 48.9. The van der Waals surface area contributed by atoms with E-state index in [1.54, 1.807) is 0 Å². The Hall–Kier alpha value is -4.42. The first-order valence-electron chi connectivity index (χ1n) is 30.2. The molecular weight excluding hydrogens is 955 g/mol. The highest BCUT2D eigenvalue weighted by atomic mass is 16.7. The number of likely N-dealkylation sites (tertiary alicyclic amines) is 1. The zero-order chi connectivity index (χ0) is 54.8. The van der Waals surface area contributed by atoms with Crippen LogP contribution in [0.15, 0.2) is 42.5 Å². The van der Waals surface area contributed by atoms with Crippen LogP contribution in [0, 0.1) is 23.7 Å². The minimum absolute atomic E-state index is 0.0205. The summed E-state index contributed by atoms with van der Waals surface area (Å²) in [6.07, 6.45) is 37.3. The van der Waals surface area contributed by atoms with Crippen LogP contribution in [-0.4, -0.2) is 74.0 Å². The van der Waals surface area contributed by atoms with E-state index in [4.69, 9.17) is 28.4 Å². The van der Waals surface area contributed by atoms with E-state index in [1.165, 1.54) is 38.5 Å². The van der Waals surface area contributed by atoms with Gasteiger partial charge in [-0.3, -0.25) is 19.2 Å². The topological polar surface area (TPSA) is 127 Å². The number of esters is 4. The van der Waals surface area contributed by atoms with E-state index in [2.05, 4.69) is 80.6 Å². The van der Waals surface area contributed by atoms with E-state index in [-0.39, 0.29) is 50.7 Å². The second-order valence-corrected chi connectivity index (χ2v) is 20.4. The SMILES string of the molecule is CCCCC#CCCOC(CCC(=O)OCc1cc(COC(=O)CCCCCCC/C=C\C/C=C\CCCCC)cc(COC(=O)CCC(CCCCCC)OC(=O)CCCN2CCCC2)c1)OCCC#CCCCC. The third-order valence-corrected chi connectivity index (χ3v) is 13.3. The summed E-state index contributed by atoms with van der Waals surface area (Å²) < 4.78 is 35.3. The molecule has 1 heterocycles. The zero-order valence-electron chi connectivity index (χ0n) is 48.2. The summed E-state index contributed by atoms with van der Waals surface area (Å²) in [7, 11) is 0. The molecule has 2 rings (SSSR count). The van der Waals surface area contributed by atoms with Gasteiger partial charge in [0, 0.05) is 51.4 Å². The van der Waals surface area contributed by atoms with E-state index in [1.807, 2.05) is 18.2 Å². The lowest BCUT2D eigenvalue weighted by molar-refractivity contribution is -0.158. The zero-order valence-corrected chi connectivity index (χ0v) is 48.2. The van der Waals surface area contributed by atoms with Crippen LogP contribution in [0.2, 0.25) is 0 Å². The minimum atomic E-state index is -0.598. The lowest BCUT2D eigenvalue weighted by Crippen LogP contribution is -2.23. The van der Waals surface area contributed by atoms with E-state index in [0.717, 1.165) is 135 Å². The van der Waals surface area contributed by atoms with Gasteiger partial charge in [-0.15, -0.1) is 23.7 Å². The number of ether oxygens (including phenoxy) is 6. The van der Waals surface area contributed by atoms with Gasteiger partial charge in [-0.25, -0.2) is 0 Å². The summed E-state index contributed by atoms with van der Waals surface area (Å²) in [5.74, 6) is 11.4. The van der Waals surface area contributed by atoms with Crippen LogP contribution < -0.4 is 0 Å². The molecule has 0 saturated carbocycles. The van der Waals surface area contributed by atoms with E-state index >= 15 is 0 Å². The van der Waals surface area contributed by atoms with Crippen molar-refractivity contribution in [1.82, 2.24) is 4.90 Å². The maximum atomic E-state index is 13.2. The molecule has 1 saturated heterocycles. The Morgan fingerprint density at radius 2 is 0.947 bits per heavy atom. The van der Waals surface area contributed by atoms with Crippen LogP contribution in [-0.2, 0) is 67.4 Å². The molecule has 0 aliphatic carbocycles. The molecule has 1 aromatic rings. The van der Waals surface area contributed by atoms with Crippen LogP contribution in [0.4, 0.5) is 0 Å². The molecule has 0 aromatic heterocycles. The van der Waals surface area contributed by atoms with Gasteiger partial charge >= 0.3 is 23.9 Å². The van der Waals surface area contributed by atoms with Gasteiger partial charge in [0.2, 0.25) is 0 Å². The van der Waals surface area contributed by atoms with Gasteiger partial charge in [0.05, 0.1) is 19.6 Å². The summed E-state index contributed by atoms with van der Waals surface area (Å²) in [6.45, 7) is 12.6. The van der Waals surface area contributed by atoms with Gasteiger partial charge in [0.15, 0.2) is 6.29 Å². The smallest absolute Gasteiger partial charge is 0.306 e. The van der Waals surface area contributed by atoms with Crippen molar-refractivity contribution in [2.45, 2.75) is 272 Å². The third kappa shape index (κ3) is 39.9. The predicted octanol–water partition coefficient (Wildman–Crippen LogP) is 15.5. The molecule has 0 spiro atoms. The lowest BCUT2D eigenvalue weighted by Gasteiger charge is -2.19. The average molecular weight is 1060 g/mol. The van der Waals surface area contributed by atoms with Crippen LogP contribution in [0.3, 0.4) is 0 Å². The van der Waals surface area contributed by atoms with Crippen LogP contribution in [0.5, 0.6) is 0 Å². The van der Waals surface area contributed by atoms with Gasteiger partial charge in [0.1, 0.15) is 25.9 Å². The monoisotopic (exact) mass is 1060 g/mol. The van der Waals surface area contributed by atoms with Gasteiger partial charge in [0.25, 0.3) is 0 Å². The van der Waals surface area contributed by atoms with Crippen LogP contribution >= 0.6 is 0 Å². The molecule has 0 amide bonds. The van der Waals surface area contributed by atoms with Crippen molar-refractivity contribution in [2.24, 2.45) is 0 Å². The Kier molecular flexibility index (Phi) is 43.6. The van der Waals surface area contributed by atoms with E-state index < -0.39 is 18.2 Å². The number of allylic oxidation sites excluding steroid dienone is 4. The quantitative estimate of drug-likeness (QED) is 0.0155. The molecule has 0 radical (unpaired) electrons. The molecule has 1 aromatic carbocycles. The number of nitrogens with zero attached hydrogens (tertiary/aromatic N) is 1. The van der Waals surface area contributed by atoms with Crippen LogP contribution in [0.25, 0.3) is 0 Å². The molecule has 1 fully saturated rings. The maximum Gasteiger partial charge on any atom is 0.306 e. The molecule has 11 nitrogen and oxygen atoms in total. The Balaban J connectivity index is 2.01. The molecule has 0 bridgehead atoms. The molecule has 1 aliphatic rings. The van der Waals surface area contributed by atoms with Crippen molar-refractivity contribution < 1.29 is 47.6 Å². The van der Waals surface area contributed by atoms with Crippen LogP contribution in [0.1, 0.15) is 256 Å². The Morgan fingerprint density at radius 1 is 0.487 bits per heavy atom. The highest BCUT2D eigenvalue weighted by Gasteiger charge is 2.19. The minimum Gasteiger partial charge on any atom is -0.462 e. The summed E-state index contributed by atoms with van der Waals surface area (Å²) in [6, 6.07) is 5.55. The normalized spacial score (nSPS) is 12.9. The first-order valence-corrected chi connectivity index (χ1v) is 30.2. The highest BCUT2D eigenvalue weighted by Crippen LogP contribution is 2.19. The summed E-state index contributed by atoms with van der Waals surface area (Å²) in [4.78, 5) is 54.6. The first-order chi connectivity index (χ1) is 37.3. The molecule has 1 aliphatic heterocycles. The number of carbonyl (C=O) groups is 4. The van der Waals surface area contributed by atoms with Crippen molar-refractivity contribution in [3.8, 4) is 23.7 Å². The Bertz CT molecular complexity index is 1810. The van der Waals surface area contributed by atoms with Gasteiger partial charge in [-0.1, -0.05) is 116 Å². The van der Waals surface area contributed by atoms with Crippen molar-refractivity contribution in [2.75, 3.05) is 32.8 Å². The Morgan fingerprint density at radius 3 is 1.51 bits per heavy atom. The second-order valence-electron chi connectivity index (χ2n) is 20.4. The standard InChI is InChI=1S/C65H103NO10/c1-5-9-13-17-20-21-22-23-24-25-26-27-28-29-33-40-61(67)73-54-57-51-58(55-74-62(68)43-42-60(39-32-16-12-8-4)76-64(70)41-38-48-66-46-34-35-47-66)53-59(52-57)56-75-63(69)44-45-65(71-49-36-30-18-14-10-6-2)72-50-37-31-19-15-11-7-3/h20-21,23-24,51-53,60,65H,5-17,22,25-29,32-50,54-56H2,1-4H3/b21-20-,24-23-. The molecular formula is C65H103NO10. The number of hydrogen-bond acceptors (Lipinski definition) is 11. The molecule has 11 heteroatoms. The highest BCUT2D eigenvalue weighted by molar-refractivity contribution is 5.71. The van der Waals surface area contributed by atoms with Gasteiger partial charge < -0.3 is 33.3 Å². The lowest BCUT2D eigenvalue weighted by atomic mass is 10.0. The fourth-order valence-corrected chi connectivity index (χ4v) is 8.73. The molecule has 428 valence electrons. The summed E-state index contributed by atoms with van der Waals surface area (Å²) in [5.41, 5.74) is 2.06. The van der Waals surface area contributed by atoms with Gasteiger partial charge in [-0.2, -0.15) is 0 Å². The number of unbranched alkanes of at least 4 members (excludes halogenated alkanes) is 15. The predicted molar refractivity (Wildman–Crippen MR) is 307 cm³/mol. The molecule has 1 atom stereocenters. The van der Waals surface area contributed by atoms with Gasteiger partial charge in [-0.05, 0) is 144 Å². The molecule has 76 heavy (non-hydrogen) atoms. The maximum absolute atomic E-state index is 13.2. The number of hydrogen-bond donors (Lipinski definition) is 0. The van der Waals surface area contributed by atoms with Crippen molar-refractivity contribution in [3.63, 3.8) is 0 Å². The third-order valence-electron chi connectivity index (χ3n) is 13.3. The van der Waals surface area contributed by atoms with E-state index in [0.29, 0.717) is 74.8 Å². The largest absolute Gasteiger partial charge is 0.462 e. The fraction of sp³-hybridized carbons (Fsp3) is 0.723. The summed E-state index contributed by atoms with van der Waals surface area (Å²) >= 11 is 0. The number of benzene rings is 1. The first kappa shape index (κ1) is 67.7. The number of carbonyl (C=O) groups excluding carboxylic acids is 4. The van der Waals surface area contributed by atoms with E-state index in [9.17, 15) is 19.2 Å². The van der Waals surface area contributed by atoms with Crippen molar-refractivity contribution in [1.29, 1.82) is 0 Å². The molecule has 1 unspecified atom stereocenters. The van der Waals surface area contributed by atoms with Crippen molar-refractivity contribution >= 4 is 23.9 Å². The summed E-state index contributed by atoms with van der Waals surface area (Å²) in [5, 5.41) is 0. The Labute approximate surface area is 462 Å². The number of rotatable bonds is 46.